The van der Waals surface area contributed by atoms with Crippen molar-refractivity contribution in [3.8, 4) is 5.75 Å². The lowest BCUT2D eigenvalue weighted by atomic mass is 10.1. The molecule has 1 amide bonds. The number of guanidine groups is 1. The number of nitrogens with zero attached hydrogens (tertiary/aromatic N) is 2. The minimum atomic E-state index is -0.235. The molecule has 0 spiro atoms. The molecule has 1 aromatic heterocycles. The van der Waals surface area contributed by atoms with Gasteiger partial charge in [0, 0.05) is 17.4 Å². The smallest absolute Gasteiger partial charge is 0.257 e. The average Bonchev–Trinajstić information content (AvgIpc) is 2.73. The Bertz CT molecular complexity index is 937. The summed E-state index contributed by atoms with van der Waals surface area (Å²) in [4.78, 5) is 21.4. The van der Waals surface area contributed by atoms with E-state index >= 15 is 0 Å². The maximum absolute atomic E-state index is 12.6. The van der Waals surface area contributed by atoms with E-state index in [1.54, 1.807) is 25.4 Å². The van der Waals surface area contributed by atoms with Gasteiger partial charge in [-0.1, -0.05) is 23.8 Å². The van der Waals surface area contributed by atoms with E-state index in [-0.39, 0.29) is 5.91 Å². The highest BCUT2D eigenvalue weighted by atomic mass is 16.5. The number of pyridine rings is 1. The number of amides is 1. The first-order valence-electron chi connectivity index (χ1n) is 8.87. The van der Waals surface area contributed by atoms with Crippen molar-refractivity contribution >= 4 is 17.6 Å². The van der Waals surface area contributed by atoms with E-state index in [0.717, 1.165) is 22.7 Å². The maximum atomic E-state index is 12.6. The SMILES string of the molecule is COc1ccc(NC(=NCc2ccccn2)NC(=O)c2ccc(C)cc2)cc1. The molecule has 2 N–H and O–H groups in total. The fraction of sp³-hybridized carbons (Fsp3) is 0.136. The molecule has 0 radical (unpaired) electrons. The molecule has 6 heteroatoms. The van der Waals surface area contributed by atoms with E-state index in [9.17, 15) is 4.79 Å². The van der Waals surface area contributed by atoms with Gasteiger partial charge in [-0.05, 0) is 55.5 Å². The zero-order chi connectivity index (χ0) is 19.8. The molecule has 2 aromatic carbocycles. The lowest BCUT2D eigenvalue weighted by Gasteiger charge is -2.12. The van der Waals surface area contributed by atoms with Crippen LogP contribution in [0.4, 0.5) is 5.69 Å². The van der Waals surface area contributed by atoms with E-state index in [0.29, 0.717) is 18.1 Å². The van der Waals surface area contributed by atoms with Gasteiger partial charge in [0.15, 0.2) is 0 Å². The predicted octanol–water partition coefficient (Wildman–Crippen LogP) is 3.80. The van der Waals surface area contributed by atoms with E-state index in [2.05, 4.69) is 20.6 Å². The highest BCUT2D eigenvalue weighted by Gasteiger charge is 2.09. The van der Waals surface area contributed by atoms with Gasteiger partial charge in [-0.15, -0.1) is 0 Å². The van der Waals surface area contributed by atoms with Crippen LogP contribution in [-0.4, -0.2) is 24.0 Å². The standard InChI is InChI=1S/C22H22N4O2/c1-16-6-8-17(9-7-16)21(27)26-22(24-15-19-5-3-4-14-23-19)25-18-10-12-20(28-2)13-11-18/h3-14H,15H2,1-2H3,(H2,24,25,26,27). The minimum Gasteiger partial charge on any atom is -0.497 e. The summed E-state index contributed by atoms with van der Waals surface area (Å²) in [5.74, 6) is 0.864. The molecule has 0 unspecified atom stereocenters. The molecule has 0 atom stereocenters. The van der Waals surface area contributed by atoms with E-state index in [1.807, 2.05) is 61.5 Å². The van der Waals surface area contributed by atoms with Crippen LogP contribution in [0.1, 0.15) is 21.6 Å². The molecule has 28 heavy (non-hydrogen) atoms. The third kappa shape index (κ3) is 5.41. The molecule has 3 rings (SSSR count). The van der Waals surface area contributed by atoms with Crippen LogP contribution >= 0.6 is 0 Å². The Hall–Kier alpha value is -3.67. The molecule has 6 nitrogen and oxygen atoms in total. The van der Waals surface area contributed by atoms with E-state index < -0.39 is 0 Å². The Kier molecular flexibility index (Phi) is 6.36. The minimum absolute atomic E-state index is 0.235. The zero-order valence-corrected chi connectivity index (χ0v) is 15.8. The van der Waals surface area contributed by atoms with Gasteiger partial charge in [-0.3, -0.25) is 15.1 Å². The number of benzene rings is 2. The van der Waals surface area contributed by atoms with Crippen molar-refractivity contribution < 1.29 is 9.53 Å². The van der Waals surface area contributed by atoms with Crippen LogP contribution in [0.2, 0.25) is 0 Å². The highest BCUT2D eigenvalue weighted by Crippen LogP contribution is 2.15. The highest BCUT2D eigenvalue weighted by molar-refractivity contribution is 6.09. The van der Waals surface area contributed by atoms with Crippen LogP contribution in [0.5, 0.6) is 5.75 Å². The summed E-state index contributed by atoms with van der Waals surface area (Å²) in [5, 5.41) is 5.99. The quantitative estimate of drug-likeness (QED) is 0.526. The number of aliphatic imine (C=N–C) groups is 1. The summed E-state index contributed by atoms with van der Waals surface area (Å²) in [5.41, 5.74) is 3.25. The molecule has 1 heterocycles. The van der Waals surface area contributed by atoms with Crippen LogP contribution in [0, 0.1) is 6.92 Å². The number of methoxy groups -OCH3 is 1. The molecule has 142 valence electrons. The number of hydrogen-bond acceptors (Lipinski definition) is 4. The van der Waals surface area contributed by atoms with Crippen LogP contribution in [0.25, 0.3) is 0 Å². The molecular weight excluding hydrogens is 352 g/mol. The summed E-state index contributed by atoms with van der Waals surface area (Å²) in [6, 6.07) is 20.4. The second-order valence-corrected chi connectivity index (χ2v) is 6.16. The number of anilines is 1. The monoisotopic (exact) mass is 374 g/mol. The Morgan fingerprint density at radius 2 is 1.79 bits per heavy atom. The fourth-order valence-electron chi connectivity index (χ4n) is 2.46. The van der Waals surface area contributed by atoms with Gasteiger partial charge in [0.25, 0.3) is 5.91 Å². The predicted molar refractivity (Wildman–Crippen MR) is 111 cm³/mol. The number of carbonyl (C=O) groups excluding carboxylic acids is 1. The summed E-state index contributed by atoms with van der Waals surface area (Å²) in [6.07, 6.45) is 1.71. The van der Waals surface area contributed by atoms with Crippen molar-refractivity contribution in [1.82, 2.24) is 10.3 Å². The Labute approximate surface area is 164 Å². The van der Waals surface area contributed by atoms with Gasteiger partial charge in [-0.2, -0.15) is 0 Å². The number of aromatic nitrogens is 1. The van der Waals surface area contributed by atoms with Gasteiger partial charge in [0.2, 0.25) is 5.96 Å². The summed E-state index contributed by atoms with van der Waals surface area (Å²) in [6.45, 7) is 2.32. The molecule has 0 aliphatic rings. The van der Waals surface area contributed by atoms with Crippen molar-refractivity contribution in [3.05, 3.63) is 89.7 Å². The van der Waals surface area contributed by atoms with Crippen LogP contribution in [-0.2, 0) is 6.54 Å². The Morgan fingerprint density at radius 1 is 1.04 bits per heavy atom. The van der Waals surface area contributed by atoms with Crippen LogP contribution in [0.15, 0.2) is 77.9 Å². The molecule has 0 aliphatic heterocycles. The molecular formula is C22H22N4O2. The summed E-state index contributed by atoms with van der Waals surface area (Å²) >= 11 is 0. The average molecular weight is 374 g/mol. The topological polar surface area (TPSA) is 75.6 Å². The van der Waals surface area contributed by atoms with Gasteiger partial charge in [-0.25, -0.2) is 4.99 Å². The van der Waals surface area contributed by atoms with Crippen molar-refractivity contribution in [2.24, 2.45) is 4.99 Å². The molecule has 0 saturated heterocycles. The number of ether oxygens (including phenoxy) is 1. The summed E-state index contributed by atoms with van der Waals surface area (Å²) in [7, 11) is 1.62. The maximum Gasteiger partial charge on any atom is 0.257 e. The second-order valence-electron chi connectivity index (χ2n) is 6.16. The molecule has 0 saturated carbocycles. The summed E-state index contributed by atoms with van der Waals surface area (Å²) < 4.78 is 5.18. The normalized spacial score (nSPS) is 11.0. The third-order valence-corrected chi connectivity index (χ3v) is 4.02. The first-order chi connectivity index (χ1) is 13.6. The zero-order valence-electron chi connectivity index (χ0n) is 15.8. The second kappa shape index (κ2) is 9.32. The number of rotatable bonds is 5. The van der Waals surface area contributed by atoms with Crippen molar-refractivity contribution in [2.45, 2.75) is 13.5 Å². The van der Waals surface area contributed by atoms with Crippen LogP contribution < -0.4 is 15.4 Å². The lowest BCUT2D eigenvalue weighted by molar-refractivity contribution is 0.0977. The van der Waals surface area contributed by atoms with Gasteiger partial charge in [0.05, 0.1) is 19.3 Å². The van der Waals surface area contributed by atoms with E-state index in [1.165, 1.54) is 0 Å². The van der Waals surface area contributed by atoms with Gasteiger partial charge in [0.1, 0.15) is 5.75 Å². The van der Waals surface area contributed by atoms with Gasteiger partial charge >= 0.3 is 0 Å². The largest absolute Gasteiger partial charge is 0.497 e. The third-order valence-electron chi connectivity index (χ3n) is 4.02. The van der Waals surface area contributed by atoms with Crippen molar-refractivity contribution in [1.29, 1.82) is 0 Å². The van der Waals surface area contributed by atoms with Crippen LogP contribution in [0.3, 0.4) is 0 Å². The first-order valence-corrected chi connectivity index (χ1v) is 8.87. The number of aryl methyl sites for hydroxylation is 1. The van der Waals surface area contributed by atoms with E-state index in [4.69, 9.17) is 4.74 Å². The molecule has 3 aromatic rings. The number of carbonyl (C=O) groups is 1. The first kappa shape index (κ1) is 19.1. The Balaban J connectivity index is 1.78. The van der Waals surface area contributed by atoms with Gasteiger partial charge < -0.3 is 10.1 Å². The lowest BCUT2D eigenvalue weighted by Crippen LogP contribution is -2.36. The molecule has 0 aliphatic carbocycles. The fourth-order valence-corrected chi connectivity index (χ4v) is 2.46. The van der Waals surface area contributed by atoms with Crippen molar-refractivity contribution in [3.63, 3.8) is 0 Å². The van der Waals surface area contributed by atoms with Crippen molar-refractivity contribution in [2.75, 3.05) is 12.4 Å². The number of nitrogens with one attached hydrogen (secondary N) is 2. The molecule has 0 fully saturated rings. The Morgan fingerprint density at radius 3 is 2.43 bits per heavy atom. The molecule has 0 bridgehead atoms. The number of hydrogen-bond donors (Lipinski definition) is 2.